The Hall–Kier alpha value is -3.09. The average molecular weight is 390 g/mol. The van der Waals surface area contributed by atoms with Crippen molar-refractivity contribution in [3.63, 3.8) is 0 Å². The maximum absolute atomic E-state index is 11.1. The summed E-state index contributed by atoms with van der Waals surface area (Å²) in [5.74, 6) is 2.99. The topological polar surface area (TPSA) is 72.5 Å². The van der Waals surface area contributed by atoms with Crippen molar-refractivity contribution < 1.29 is 33.2 Å². The normalized spacial score (nSPS) is 11.4. The van der Waals surface area contributed by atoms with Gasteiger partial charge in [0.15, 0.2) is 23.0 Å². The minimum absolute atomic E-state index is 0.229. The molecule has 0 aromatic heterocycles. The van der Waals surface area contributed by atoms with E-state index in [4.69, 9.17) is 28.4 Å². The number of rotatable bonds is 10. The van der Waals surface area contributed by atoms with Gasteiger partial charge in [0.25, 0.3) is 0 Å². The molecule has 7 heteroatoms. The third-order valence-corrected chi connectivity index (χ3v) is 4.19. The zero-order valence-electron chi connectivity index (χ0n) is 17.0. The van der Waals surface area contributed by atoms with Crippen molar-refractivity contribution in [1.29, 1.82) is 0 Å². The van der Waals surface area contributed by atoms with Gasteiger partial charge < -0.3 is 28.4 Å². The van der Waals surface area contributed by atoms with Gasteiger partial charge in [-0.2, -0.15) is 0 Å². The Morgan fingerprint density at radius 1 is 0.750 bits per heavy atom. The van der Waals surface area contributed by atoms with E-state index in [2.05, 4.69) is 0 Å². The second-order valence-corrected chi connectivity index (χ2v) is 6.04. The summed E-state index contributed by atoms with van der Waals surface area (Å²) >= 11 is 0. The Bertz CT molecular complexity index is 766. The molecule has 152 valence electrons. The monoisotopic (exact) mass is 390 g/mol. The summed E-state index contributed by atoms with van der Waals surface area (Å²) in [4.78, 5) is 11.1. The van der Waals surface area contributed by atoms with Crippen LogP contribution in [0.2, 0.25) is 0 Å². The Labute approximate surface area is 165 Å². The molecule has 2 rings (SSSR count). The molecule has 0 amide bonds. The van der Waals surface area contributed by atoms with Gasteiger partial charge in [-0.25, -0.2) is 0 Å². The van der Waals surface area contributed by atoms with Gasteiger partial charge in [-0.3, -0.25) is 4.79 Å². The molecule has 1 atom stereocenters. The van der Waals surface area contributed by atoms with E-state index in [0.29, 0.717) is 46.5 Å². The number of hydrogen-bond acceptors (Lipinski definition) is 7. The van der Waals surface area contributed by atoms with Crippen LogP contribution >= 0.6 is 0 Å². The largest absolute Gasteiger partial charge is 0.493 e. The van der Waals surface area contributed by atoms with Crippen LogP contribution in [-0.2, 0) is 6.42 Å². The fourth-order valence-electron chi connectivity index (χ4n) is 2.91. The average Bonchev–Trinajstić information content (AvgIpc) is 2.72. The molecule has 0 radical (unpaired) electrons. The second-order valence-electron chi connectivity index (χ2n) is 6.04. The number of carbonyl (C=O) groups is 1. The lowest BCUT2D eigenvalue weighted by Crippen LogP contribution is -2.16. The highest BCUT2D eigenvalue weighted by atomic mass is 16.5. The Morgan fingerprint density at radius 3 is 1.61 bits per heavy atom. The lowest BCUT2D eigenvalue weighted by molar-refractivity contribution is 0.112. The zero-order valence-corrected chi connectivity index (χ0v) is 17.0. The Morgan fingerprint density at radius 2 is 1.21 bits per heavy atom. The molecule has 0 aliphatic heterocycles. The number of methoxy groups -OCH3 is 5. The molecule has 2 aromatic rings. The van der Waals surface area contributed by atoms with Crippen LogP contribution in [0.1, 0.15) is 22.8 Å². The molecule has 28 heavy (non-hydrogen) atoms. The van der Waals surface area contributed by atoms with Gasteiger partial charge in [-0.1, -0.05) is 0 Å². The predicted octanol–water partition coefficient (Wildman–Crippen LogP) is 3.55. The van der Waals surface area contributed by atoms with Crippen molar-refractivity contribution >= 4 is 6.29 Å². The summed E-state index contributed by atoms with van der Waals surface area (Å²) in [6, 6.07) is 6.98. The first-order chi connectivity index (χ1) is 13.5. The predicted molar refractivity (Wildman–Crippen MR) is 105 cm³/mol. The van der Waals surface area contributed by atoms with Crippen molar-refractivity contribution in [3.05, 3.63) is 35.4 Å². The summed E-state index contributed by atoms with van der Waals surface area (Å²) in [6.07, 6.45) is 1.07. The molecule has 0 fully saturated rings. The first-order valence-electron chi connectivity index (χ1n) is 8.67. The van der Waals surface area contributed by atoms with Crippen LogP contribution in [0.5, 0.6) is 34.5 Å². The van der Waals surface area contributed by atoms with E-state index >= 15 is 0 Å². The molecule has 0 heterocycles. The smallest absolute Gasteiger partial charge is 0.203 e. The maximum atomic E-state index is 11.1. The standard InChI is InChI=1S/C21H26O7/c1-13(7-14-8-16(23-2)20(27-6)17(9-14)24-3)28-21-18(25-4)10-15(12-22)11-19(21)26-5/h8-13H,7H2,1-6H3. The number of aldehydes is 1. The number of ether oxygens (including phenoxy) is 6. The molecule has 0 saturated heterocycles. The molecule has 0 spiro atoms. The molecule has 0 aliphatic rings. The quantitative estimate of drug-likeness (QED) is 0.575. The highest BCUT2D eigenvalue weighted by molar-refractivity contribution is 5.78. The van der Waals surface area contributed by atoms with Crippen molar-refractivity contribution in [2.45, 2.75) is 19.4 Å². The minimum Gasteiger partial charge on any atom is -0.493 e. The van der Waals surface area contributed by atoms with Crippen LogP contribution in [0.25, 0.3) is 0 Å². The molecule has 1 unspecified atom stereocenters. The SMILES string of the molecule is COc1cc(CC(C)Oc2c(OC)cc(C=O)cc2OC)cc(OC)c1OC. The van der Waals surface area contributed by atoms with E-state index in [1.54, 1.807) is 33.5 Å². The van der Waals surface area contributed by atoms with Crippen LogP contribution in [-0.4, -0.2) is 47.9 Å². The summed E-state index contributed by atoms with van der Waals surface area (Å²) < 4.78 is 33.0. The molecule has 0 saturated carbocycles. The zero-order chi connectivity index (χ0) is 20.7. The third-order valence-electron chi connectivity index (χ3n) is 4.19. The van der Waals surface area contributed by atoms with E-state index in [9.17, 15) is 4.79 Å². The summed E-state index contributed by atoms with van der Waals surface area (Å²) in [5, 5.41) is 0. The van der Waals surface area contributed by atoms with E-state index < -0.39 is 0 Å². The van der Waals surface area contributed by atoms with Gasteiger partial charge in [-0.15, -0.1) is 0 Å². The van der Waals surface area contributed by atoms with Crippen LogP contribution in [0.4, 0.5) is 0 Å². The van der Waals surface area contributed by atoms with Crippen LogP contribution in [0, 0.1) is 0 Å². The highest BCUT2D eigenvalue weighted by Gasteiger charge is 2.19. The van der Waals surface area contributed by atoms with Gasteiger partial charge in [-0.05, 0) is 36.8 Å². The van der Waals surface area contributed by atoms with Crippen LogP contribution < -0.4 is 28.4 Å². The summed E-state index contributed by atoms with van der Waals surface area (Å²) in [7, 11) is 7.74. The molecule has 0 bridgehead atoms. The molecule has 0 aliphatic carbocycles. The highest BCUT2D eigenvalue weighted by Crippen LogP contribution is 2.41. The second kappa shape index (κ2) is 9.73. The van der Waals surface area contributed by atoms with E-state index in [1.165, 1.54) is 14.2 Å². The number of carbonyl (C=O) groups excluding carboxylic acids is 1. The first kappa shape index (κ1) is 21.2. The lowest BCUT2D eigenvalue weighted by Gasteiger charge is -2.20. The first-order valence-corrected chi connectivity index (χ1v) is 8.67. The van der Waals surface area contributed by atoms with Crippen molar-refractivity contribution in [2.24, 2.45) is 0 Å². The molecular weight excluding hydrogens is 364 g/mol. The molecule has 7 nitrogen and oxygen atoms in total. The fraction of sp³-hybridized carbons (Fsp3) is 0.381. The van der Waals surface area contributed by atoms with Crippen molar-refractivity contribution in [3.8, 4) is 34.5 Å². The Balaban J connectivity index is 2.30. The van der Waals surface area contributed by atoms with Gasteiger partial charge >= 0.3 is 0 Å². The van der Waals surface area contributed by atoms with Crippen LogP contribution in [0.3, 0.4) is 0 Å². The summed E-state index contributed by atoms with van der Waals surface area (Å²) in [6.45, 7) is 1.93. The Kier molecular flexibility index (Phi) is 7.37. The van der Waals surface area contributed by atoms with E-state index in [1.807, 2.05) is 19.1 Å². The third kappa shape index (κ3) is 4.60. The van der Waals surface area contributed by atoms with Gasteiger partial charge in [0.05, 0.1) is 35.5 Å². The van der Waals surface area contributed by atoms with Crippen molar-refractivity contribution in [1.82, 2.24) is 0 Å². The van der Waals surface area contributed by atoms with Gasteiger partial charge in [0.2, 0.25) is 11.5 Å². The molecule has 0 N–H and O–H groups in total. The number of benzene rings is 2. The maximum Gasteiger partial charge on any atom is 0.203 e. The molecule has 2 aromatic carbocycles. The molecular formula is C21H26O7. The lowest BCUT2D eigenvalue weighted by atomic mass is 10.1. The van der Waals surface area contributed by atoms with Gasteiger partial charge in [0.1, 0.15) is 12.4 Å². The van der Waals surface area contributed by atoms with E-state index in [0.717, 1.165) is 11.8 Å². The van der Waals surface area contributed by atoms with Gasteiger partial charge in [0, 0.05) is 12.0 Å². The van der Waals surface area contributed by atoms with E-state index in [-0.39, 0.29) is 6.10 Å². The van der Waals surface area contributed by atoms with Crippen LogP contribution in [0.15, 0.2) is 24.3 Å². The summed E-state index contributed by atoms with van der Waals surface area (Å²) in [5.41, 5.74) is 1.39. The fourth-order valence-corrected chi connectivity index (χ4v) is 2.91. The van der Waals surface area contributed by atoms with Crippen molar-refractivity contribution in [2.75, 3.05) is 35.5 Å². The number of hydrogen-bond donors (Lipinski definition) is 0. The minimum atomic E-state index is -0.229.